The van der Waals surface area contributed by atoms with Gasteiger partial charge in [-0.15, -0.1) is 0 Å². The van der Waals surface area contributed by atoms with Crippen LogP contribution in [0.1, 0.15) is 0 Å². The van der Waals surface area contributed by atoms with E-state index in [9.17, 15) is 18.0 Å². The maximum Gasteiger partial charge on any atom is 0.441 e. The van der Waals surface area contributed by atoms with Crippen LogP contribution in [0.5, 0.6) is 0 Å². The molecule has 1 aliphatic heterocycles. The SMILES string of the molecule is COC(=O)C1CN(CCSC(F)(F)F)CCO1. The van der Waals surface area contributed by atoms with Gasteiger partial charge in [-0.3, -0.25) is 4.90 Å². The highest BCUT2D eigenvalue weighted by atomic mass is 32.2. The molecule has 1 aliphatic rings. The van der Waals surface area contributed by atoms with Crippen molar-refractivity contribution in [1.29, 1.82) is 0 Å². The molecule has 100 valence electrons. The van der Waals surface area contributed by atoms with Crippen LogP contribution in [0, 0.1) is 0 Å². The lowest BCUT2D eigenvalue weighted by atomic mass is 10.3. The van der Waals surface area contributed by atoms with Gasteiger partial charge < -0.3 is 9.47 Å². The first-order valence-electron chi connectivity index (χ1n) is 5.05. The van der Waals surface area contributed by atoms with Gasteiger partial charge in [-0.25, -0.2) is 4.79 Å². The van der Waals surface area contributed by atoms with Gasteiger partial charge in [-0.2, -0.15) is 13.2 Å². The molecular formula is C9H14F3NO3S. The van der Waals surface area contributed by atoms with Crippen LogP contribution in [0.15, 0.2) is 0 Å². The zero-order valence-electron chi connectivity index (χ0n) is 9.33. The van der Waals surface area contributed by atoms with Crippen LogP contribution in [0.4, 0.5) is 13.2 Å². The summed E-state index contributed by atoms with van der Waals surface area (Å²) in [5.41, 5.74) is -4.20. The highest BCUT2D eigenvalue weighted by Crippen LogP contribution is 2.29. The molecule has 0 N–H and O–H groups in total. The van der Waals surface area contributed by atoms with Crippen molar-refractivity contribution in [2.45, 2.75) is 11.6 Å². The van der Waals surface area contributed by atoms with Gasteiger partial charge in [-0.05, 0) is 11.8 Å². The van der Waals surface area contributed by atoms with E-state index in [0.29, 0.717) is 13.2 Å². The number of rotatable bonds is 4. The van der Waals surface area contributed by atoms with E-state index in [0.717, 1.165) is 0 Å². The fraction of sp³-hybridized carbons (Fsp3) is 0.889. The molecule has 0 spiro atoms. The van der Waals surface area contributed by atoms with E-state index in [4.69, 9.17) is 4.74 Å². The van der Waals surface area contributed by atoms with Crippen molar-refractivity contribution in [3.05, 3.63) is 0 Å². The second kappa shape index (κ2) is 6.46. The summed E-state index contributed by atoms with van der Waals surface area (Å²) in [6.45, 7) is 1.43. The standard InChI is InChI=1S/C9H14F3NO3S/c1-15-8(14)7-6-13(2-4-16-7)3-5-17-9(10,11)12/h7H,2-6H2,1H3. The maximum absolute atomic E-state index is 11.9. The highest BCUT2D eigenvalue weighted by Gasteiger charge is 2.30. The van der Waals surface area contributed by atoms with E-state index in [1.54, 1.807) is 4.90 Å². The molecule has 1 unspecified atom stereocenters. The number of hydrogen-bond donors (Lipinski definition) is 0. The summed E-state index contributed by atoms with van der Waals surface area (Å²) in [6.07, 6.45) is -0.690. The zero-order chi connectivity index (χ0) is 12.9. The normalized spacial score (nSPS) is 22.5. The molecular weight excluding hydrogens is 259 g/mol. The number of carbonyl (C=O) groups is 1. The molecule has 0 aliphatic carbocycles. The monoisotopic (exact) mass is 273 g/mol. The van der Waals surface area contributed by atoms with E-state index in [1.165, 1.54) is 7.11 Å². The smallest absolute Gasteiger partial charge is 0.441 e. The highest BCUT2D eigenvalue weighted by molar-refractivity contribution is 8.00. The Balaban J connectivity index is 2.28. The molecule has 0 aromatic carbocycles. The minimum absolute atomic E-state index is 0.0443. The van der Waals surface area contributed by atoms with Crippen LogP contribution in [-0.2, 0) is 14.3 Å². The summed E-state index contributed by atoms with van der Waals surface area (Å²) < 4.78 is 45.4. The number of morpholine rings is 1. The molecule has 1 saturated heterocycles. The first kappa shape index (κ1) is 14.6. The molecule has 17 heavy (non-hydrogen) atoms. The van der Waals surface area contributed by atoms with Gasteiger partial charge in [0.15, 0.2) is 6.10 Å². The lowest BCUT2D eigenvalue weighted by Gasteiger charge is -2.31. The van der Waals surface area contributed by atoms with E-state index in [2.05, 4.69) is 4.74 Å². The number of carbonyl (C=O) groups excluding carboxylic acids is 1. The maximum atomic E-state index is 11.9. The average molecular weight is 273 g/mol. The number of esters is 1. The summed E-state index contributed by atoms with van der Waals surface area (Å²) in [4.78, 5) is 13.0. The third-order valence-corrected chi connectivity index (χ3v) is 3.00. The Hall–Kier alpha value is -0.470. The predicted octanol–water partition coefficient (Wildman–Crippen LogP) is 1.11. The topological polar surface area (TPSA) is 38.8 Å². The quantitative estimate of drug-likeness (QED) is 0.718. The number of methoxy groups -OCH3 is 1. The van der Waals surface area contributed by atoms with Crippen molar-refractivity contribution in [2.75, 3.05) is 39.1 Å². The van der Waals surface area contributed by atoms with Crippen molar-refractivity contribution in [3.8, 4) is 0 Å². The van der Waals surface area contributed by atoms with Gasteiger partial charge in [0.2, 0.25) is 0 Å². The molecule has 0 aromatic heterocycles. The number of nitrogens with zero attached hydrogens (tertiary/aromatic N) is 1. The molecule has 0 amide bonds. The second-order valence-electron chi connectivity index (χ2n) is 3.48. The van der Waals surface area contributed by atoms with Gasteiger partial charge >= 0.3 is 11.5 Å². The number of thioether (sulfide) groups is 1. The van der Waals surface area contributed by atoms with Crippen molar-refractivity contribution in [1.82, 2.24) is 4.90 Å². The van der Waals surface area contributed by atoms with E-state index < -0.39 is 17.6 Å². The predicted molar refractivity (Wildman–Crippen MR) is 56.7 cm³/mol. The zero-order valence-corrected chi connectivity index (χ0v) is 10.1. The molecule has 0 saturated carbocycles. The van der Waals surface area contributed by atoms with Crippen LogP contribution in [0.3, 0.4) is 0 Å². The van der Waals surface area contributed by atoms with Crippen LogP contribution >= 0.6 is 11.8 Å². The molecule has 1 atom stereocenters. The average Bonchev–Trinajstić information content (AvgIpc) is 2.27. The third kappa shape index (κ3) is 5.60. The van der Waals surface area contributed by atoms with Gasteiger partial charge in [0.05, 0.1) is 13.7 Å². The summed E-state index contributed by atoms with van der Waals surface area (Å²) in [7, 11) is 1.25. The summed E-state index contributed by atoms with van der Waals surface area (Å²) in [5.74, 6) is -0.532. The number of hydrogen-bond acceptors (Lipinski definition) is 5. The Morgan fingerprint density at radius 1 is 1.59 bits per heavy atom. The lowest BCUT2D eigenvalue weighted by molar-refractivity contribution is -0.159. The number of alkyl halides is 3. The lowest BCUT2D eigenvalue weighted by Crippen LogP contribution is -2.47. The molecule has 1 fully saturated rings. The van der Waals surface area contributed by atoms with Gasteiger partial charge in [0.25, 0.3) is 0 Å². The van der Waals surface area contributed by atoms with E-state index >= 15 is 0 Å². The summed E-state index contributed by atoms with van der Waals surface area (Å²) in [6, 6.07) is 0. The summed E-state index contributed by atoms with van der Waals surface area (Å²) >= 11 is -0.0561. The molecule has 8 heteroatoms. The van der Waals surface area contributed by atoms with Crippen molar-refractivity contribution in [2.24, 2.45) is 0 Å². The molecule has 1 rings (SSSR count). The van der Waals surface area contributed by atoms with Crippen molar-refractivity contribution in [3.63, 3.8) is 0 Å². The Morgan fingerprint density at radius 2 is 2.29 bits per heavy atom. The Labute approximate surface area is 101 Å². The summed E-state index contributed by atoms with van der Waals surface area (Å²) in [5, 5.41) is 0. The Bertz CT molecular complexity index is 262. The minimum Gasteiger partial charge on any atom is -0.467 e. The first-order valence-corrected chi connectivity index (χ1v) is 6.03. The molecule has 4 nitrogen and oxygen atoms in total. The fourth-order valence-corrected chi connectivity index (χ4v) is 2.05. The molecule has 0 aromatic rings. The first-order chi connectivity index (χ1) is 7.92. The van der Waals surface area contributed by atoms with Crippen molar-refractivity contribution >= 4 is 17.7 Å². The van der Waals surface area contributed by atoms with Crippen LogP contribution in [0.2, 0.25) is 0 Å². The second-order valence-corrected chi connectivity index (χ2v) is 4.64. The van der Waals surface area contributed by atoms with Crippen molar-refractivity contribution < 1.29 is 27.4 Å². The third-order valence-electron chi connectivity index (χ3n) is 2.29. The van der Waals surface area contributed by atoms with E-state index in [-0.39, 0.29) is 30.6 Å². The Kier molecular flexibility index (Phi) is 5.54. The largest absolute Gasteiger partial charge is 0.467 e. The van der Waals surface area contributed by atoms with Crippen LogP contribution in [-0.4, -0.2) is 61.6 Å². The van der Waals surface area contributed by atoms with E-state index in [1.807, 2.05) is 0 Å². The minimum atomic E-state index is -4.20. The van der Waals surface area contributed by atoms with Gasteiger partial charge in [-0.1, -0.05) is 0 Å². The van der Waals surface area contributed by atoms with Gasteiger partial charge in [0.1, 0.15) is 0 Å². The number of halogens is 3. The fourth-order valence-electron chi connectivity index (χ4n) is 1.47. The van der Waals surface area contributed by atoms with Crippen LogP contribution < -0.4 is 0 Å². The number of ether oxygens (including phenoxy) is 2. The molecule has 1 heterocycles. The molecule has 0 bridgehead atoms. The Morgan fingerprint density at radius 3 is 2.88 bits per heavy atom. The van der Waals surface area contributed by atoms with Gasteiger partial charge in [0, 0.05) is 25.4 Å². The van der Waals surface area contributed by atoms with Crippen LogP contribution in [0.25, 0.3) is 0 Å². The molecule has 0 radical (unpaired) electrons.